The van der Waals surface area contributed by atoms with Crippen LogP contribution in [0.5, 0.6) is 11.5 Å². The molecule has 14 heteroatoms. The maximum absolute atomic E-state index is 12.8. The number of allylic oxidation sites excluding steroid dienone is 3. The van der Waals surface area contributed by atoms with Crippen molar-refractivity contribution in [2.24, 2.45) is 47.2 Å². The van der Waals surface area contributed by atoms with Gasteiger partial charge in [0.15, 0.2) is 6.29 Å². The van der Waals surface area contributed by atoms with Crippen LogP contribution in [-0.4, -0.2) is 97.8 Å². The van der Waals surface area contributed by atoms with E-state index in [1.54, 1.807) is 34.5 Å². The molecule has 0 aliphatic carbocycles. The maximum atomic E-state index is 12.8. The maximum Gasteiger partial charge on any atom is 0.404 e. The number of carbonyl (C=O) groups is 2. The first kappa shape index (κ1) is 57.8. The van der Waals surface area contributed by atoms with Gasteiger partial charge in [-0.3, -0.25) is 4.79 Å². The summed E-state index contributed by atoms with van der Waals surface area (Å²) in [6.45, 7) is 20.7. The number of primary amides is 1. The molecule has 0 aromatic heterocycles. The summed E-state index contributed by atoms with van der Waals surface area (Å²) in [4.78, 5) is 25.1. The Hall–Kier alpha value is -4.54. The number of benzene rings is 2. The number of amides is 1. The van der Waals surface area contributed by atoms with E-state index in [9.17, 15) is 9.59 Å². The van der Waals surface area contributed by atoms with Gasteiger partial charge in [-0.15, -0.1) is 0 Å². The highest BCUT2D eigenvalue weighted by Crippen LogP contribution is 2.39. The van der Waals surface area contributed by atoms with Gasteiger partial charge in [-0.2, -0.15) is 0 Å². The van der Waals surface area contributed by atoms with Crippen molar-refractivity contribution in [3.05, 3.63) is 108 Å². The second-order valence-electron chi connectivity index (χ2n) is 18.1. The van der Waals surface area contributed by atoms with Crippen LogP contribution in [0, 0.1) is 41.4 Å². The number of rotatable bonds is 30. The van der Waals surface area contributed by atoms with Crippen molar-refractivity contribution >= 4 is 12.1 Å². The summed E-state index contributed by atoms with van der Waals surface area (Å²) in [5.74, 6) is -0.128. The molecule has 2 aromatic rings. The van der Waals surface area contributed by atoms with Crippen LogP contribution in [0.1, 0.15) is 85.6 Å². The first-order valence-corrected chi connectivity index (χ1v) is 23.6. The second-order valence-corrected chi connectivity index (χ2v) is 18.1. The third-order valence-electron chi connectivity index (χ3n) is 12.8. The fourth-order valence-corrected chi connectivity index (χ4v) is 9.16. The fraction of sp³-hybridized carbons (Fsp3) is 0.593. The van der Waals surface area contributed by atoms with E-state index in [0.29, 0.717) is 25.2 Å². The molecule has 0 unspecified atom stereocenters. The molecule has 2 aromatic carbocycles. The quantitative estimate of drug-likeness (QED) is 0.0341. The molecular formula is C54H81NO13. The van der Waals surface area contributed by atoms with Crippen LogP contribution in [0.3, 0.4) is 0 Å². The summed E-state index contributed by atoms with van der Waals surface area (Å²) in [6.07, 6.45) is 9.06. The predicted octanol–water partition coefficient (Wildman–Crippen LogP) is 10.2. The SMILES string of the molecule is C=C/C=C\[C@H](C)[C@H](OC(N)=O)[C@@H](C)[C@H](OCc1ccc(OC)cc1)[C@@H](C)C/C(C)=C\[C@H](C)[C@@H](OCOC)[C@@H](C)/C=C\[C@H](C[C@@H]1O[C@H](c2ccc(OC)cc2)O[C@H]([C@@H](C)C(=O)OC)[C@H]1C)OCOC. The number of carbonyl (C=O) groups excluding carboxylic acids is 2. The van der Waals surface area contributed by atoms with Crippen LogP contribution in [0.4, 0.5) is 4.79 Å². The molecule has 14 nitrogen and oxygen atoms in total. The van der Waals surface area contributed by atoms with Gasteiger partial charge in [0.05, 0.1) is 64.4 Å². The Balaban J connectivity index is 1.89. The van der Waals surface area contributed by atoms with E-state index in [1.165, 1.54) is 7.11 Å². The fourth-order valence-electron chi connectivity index (χ4n) is 9.16. The number of methoxy groups -OCH3 is 5. The van der Waals surface area contributed by atoms with Gasteiger partial charge in [-0.25, -0.2) is 4.79 Å². The lowest BCUT2D eigenvalue weighted by Crippen LogP contribution is -2.47. The van der Waals surface area contributed by atoms with Crippen molar-refractivity contribution in [3.8, 4) is 11.5 Å². The first-order chi connectivity index (χ1) is 32.5. The minimum absolute atomic E-state index is 0.00457. The summed E-state index contributed by atoms with van der Waals surface area (Å²) in [5, 5.41) is 0. The smallest absolute Gasteiger partial charge is 0.404 e. The molecule has 68 heavy (non-hydrogen) atoms. The topological polar surface area (TPSA) is 162 Å². The van der Waals surface area contributed by atoms with Crippen molar-refractivity contribution in [2.75, 3.05) is 49.1 Å². The molecule has 0 radical (unpaired) electrons. The molecule has 0 saturated carbocycles. The summed E-state index contributed by atoms with van der Waals surface area (Å²) in [7, 11) is 7.83. The standard InChI is InChI=1S/C54H81NO13/c1-15-16-17-35(3)50(68-54(55)57)40(8)49(63-31-42-19-24-44(60-12)25-20-42)38(6)29-34(2)28-37(5)48(65-33-59-11)36(4)18-23-46(64-32-58-10)30-47-39(7)51(41(9)52(56)62-14)67-53(66-47)43-21-26-45(61-13)27-22-43/h15-28,35-41,46-51,53H,1,29-33H2,2-14H3,(H2,55,57)/b17-16-,23-18-,34-28-/t35-,36-,37-,38-,39-,40-,41+,46+,47-,48-,49+,50-,51-,53-/m0/s1. The molecule has 0 spiro atoms. The molecular weight excluding hydrogens is 871 g/mol. The summed E-state index contributed by atoms with van der Waals surface area (Å²) >= 11 is 0. The van der Waals surface area contributed by atoms with Crippen LogP contribution < -0.4 is 15.2 Å². The van der Waals surface area contributed by atoms with E-state index in [-0.39, 0.29) is 73.4 Å². The van der Waals surface area contributed by atoms with E-state index in [0.717, 1.165) is 22.4 Å². The van der Waals surface area contributed by atoms with Crippen LogP contribution in [0.25, 0.3) is 0 Å². The first-order valence-electron chi connectivity index (χ1n) is 23.6. The molecule has 1 heterocycles. The molecule has 3 rings (SSSR count). The van der Waals surface area contributed by atoms with Crippen LogP contribution in [-0.2, 0) is 54.0 Å². The minimum atomic E-state index is -0.835. The van der Waals surface area contributed by atoms with Gasteiger partial charge in [0.2, 0.25) is 0 Å². The molecule has 14 atom stereocenters. The van der Waals surface area contributed by atoms with E-state index in [1.807, 2.05) is 94.5 Å². The summed E-state index contributed by atoms with van der Waals surface area (Å²) in [5.41, 5.74) is 8.56. The lowest BCUT2D eigenvalue weighted by atomic mass is 9.81. The number of esters is 1. The molecule has 2 N–H and O–H groups in total. The Labute approximate surface area is 406 Å². The highest BCUT2D eigenvalue weighted by Gasteiger charge is 2.43. The Morgan fingerprint density at radius 3 is 1.93 bits per heavy atom. The zero-order valence-electron chi connectivity index (χ0n) is 42.8. The van der Waals surface area contributed by atoms with Crippen molar-refractivity contribution in [1.82, 2.24) is 0 Å². The zero-order chi connectivity index (χ0) is 50.3. The van der Waals surface area contributed by atoms with Gasteiger partial charge in [0.1, 0.15) is 31.2 Å². The van der Waals surface area contributed by atoms with Crippen molar-refractivity contribution in [1.29, 1.82) is 0 Å². The van der Waals surface area contributed by atoms with Gasteiger partial charge >= 0.3 is 12.1 Å². The number of hydrogen-bond acceptors (Lipinski definition) is 13. The number of nitrogens with two attached hydrogens (primary N) is 1. The average Bonchev–Trinajstić information content (AvgIpc) is 3.33. The number of hydrogen-bond donors (Lipinski definition) is 1. The van der Waals surface area contributed by atoms with Gasteiger partial charge in [0.25, 0.3) is 0 Å². The van der Waals surface area contributed by atoms with E-state index in [4.69, 9.17) is 57.8 Å². The van der Waals surface area contributed by atoms with Crippen molar-refractivity contribution in [3.63, 3.8) is 0 Å². The van der Waals surface area contributed by atoms with Crippen LogP contribution in [0.2, 0.25) is 0 Å². The van der Waals surface area contributed by atoms with Gasteiger partial charge in [-0.1, -0.05) is 114 Å². The largest absolute Gasteiger partial charge is 0.497 e. The average molecular weight is 952 g/mol. The number of ether oxygens (including phenoxy) is 11. The molecule has 380 valence electrons. The predicted molar refractivity (Wildman–Crippen MR) is 263 cm³/mol. The van der Waals surface area contributed by atoms with Crippen LogP contribution >= 0.6 is 0 Å². The second kappa shape index (κ2) is 30.2. The third-order valence-corrected chi connectivity index (χ3v) is 12.8. The van der Waals surface area contributed by atoms with Crippen LogP contribution in [0.15, 0.2) is 97.1 Å². The third kappa shape index (κ3) is 18.1. The van der Waals surface area contributed by atoms with E-state index in [2.05, 4.69) is 46.4 Å². The van der Waals surface area contributed by atoms with Gasteiger partial charge in [0, 0.05) is 55.8 Å². The highest BCUT2D eigenvalue weighted by molar-refractivity contribution is 5.72. The Kier molecular flexibility index (Phi) is 25.6. The van der Waals surface area contributed by atoms with Gasteiger partial charge in [-0.05, 0) is 56.0 Å². The molecule has 0 bridgehead atoms. The highest BCUT2D eigenvalue weighted by atomic mass is 16.7. The zero-order valence-corrected chi connectivity index (χ0v) is 42.8. The monoisotopic (exact) mass is 952 g/mol. The lowest BCUT2D eigenvalue weighted by Gasteiger charge is -2.43. The molecule has 1 aliphatic heterocycles. The Morgan fingerprint density at radius 2 is 1.35 bits per heavy atom. The molecule has 1 amide bonds. The normalized spacial score (nSPS) is 22.3. The van der Waals surface area contributed by atoms with Crippen molar-refractivity contribution < 1.29 is 61.7 Å². The van der Waals surface area contributed by atoms with E-state index >= 15 is 0 Å². The molecule has 1 aliphatic rings. The molecule has 1 saturated heterocycles. The molecule has 1 fully saturated rings. The Bertz CT molecular complexity index is 1870. The summed E-state index contributed by atoms with van der Waals surface area (Å²) in [6, 6.07) is 15.3. The Morgan fingerprint density at radius 1 is 0.750 bits per heavy atom. The van der Waals surface area contributed by atoms with Gasteiger partial charge < -0.3 is 57.8 Å². The van der Waals surface area contributed by atoms with E-state index < -0.39 is 36.6 Å². The lowest BCUT2D eigenvalue weighted by molar-refractivity contribution is -0.284. The summed E-state index contributed by atoms with van der Waals surface area (Å²) < 4.78 is 64.9. The minimum Gasteiger partial charge on any atom is -0.497 e. The van der Waals surface area contributed by atoms with Crippen molar-refractivity contribution in [2.45, 2.75) is 118 Å².